The molecule has 0 amide bonds. The van der Waals surface area contributed by atoms with Gasteiger partial charge < -0.3 is 5.11 Å². The van der Waals surface area contributed by atoms with E-state index in [1.807, 2.05) is 6.08 Å². The van der Waals surface area contributed by atoms with Crippen LogP contribution in [0.3, 0.4) is 0 Å². The van der Waals surface area contributed by atoms with Crippen molar-refractivity contribution in [1.82, 2.24) is 0 Å². The zero-order valence-electron chi connectivity index (χ0n) is 11.3. The van der Waals surface area contributed by atoms with E-state index in [9.17, 15) is 0 Å². The van der Waals surface area contributed by atoms with Crippen molar-refractivity contribution in [3.8, 4) is 12.3 Å². The number of hydrogen-bond donors (Lipinski definition) is 1. The molecule has 0 aromatic heterocycles. The van der Waals surface area contributed by atoms with Gasteiger partial charge in [0.2, 0.25) is 0 Å². The number of terminal acetylenes is 1. The van der Waals surface area contributed by atoms with Crippen LogP contribution in [0.2, 0.25) is 0 Å². The molecule has 0 aliphatic heterocycles. The Morgan fingerprint density at radius 3 is 2.71 bits per heavy atom. The second-order valence-electron chi connectivity index (χ2n) is 5.45. The molecule has 94 valence electrons. The van der Waals surface area contributed by atoms with Gasteiger partial charge in [0.15, 0.2) is 0 Å². The highest BCUT2D eigenvalue weighted by Crippen LogP contribution is 2.47. The molecule has 1 N–H and O–H groups in total. The molecular weight excluding hydrogens is 208 g/mol. The van der Waals surface area contributed by atoms with Crippen molar-refractivity contribution < 1.29 is 5.11 Å². The summed E-state index contributed by atoms with van der Waals surface area (Å²) >= 11 is 0. The number of allylic oxidation sites excluding steroid dienone is 3. The third-order valence-corrected chi connectivity index (χ3v) is 3.85. The monoisotopic (exact) mass is 232 g/mol. The lowest BCUT2D eigenvalue weighted by molar-refractivity contribution is 0.341. The van der Waals surface area contributed by atoms with Gasteiger partial charge in [0.1, 0.15) is 0 Å². The zero-order chi connectivity index (χ0) is 12.9. The molecule has 0 bridgehead atoms. The SMILES string of the molecule is C#CC1=C(C(C)C)CC[C@]1(C)CC/C=C/CO. The van der Waals surface area contributed by atoms with E-state index in [1.54, 1.807) is 6.08 Å². The Morgan fingerprint density at radius 1 is 1.47 bits per heavy atom. The van der Waals surface area contributed by atoms with Crippen LogP contribution in [0.5, 0.6) is 0 Å². The Morgan fingerprint density at radius 2 is 2.18 bits per heavy atom. The zero-order valence-corrected chi connectivity index (χ0v) is 11.3. The highest BCUT2D eigenvalue weighted by molar-refractivity contribution is 5.41. The van der Waals surface area contributed by atoms with Crippen molar-refractivity contribution in [2.45, 2.75) is 46.5 Å². The summed E-state index contributed by atoms with van der Waals surface area (Å²) in [6, 6.07) is 0. The summed E-state index contributed by atoms with van der Waals surface area (Å²) in [6.45, 7) is 6.87. The largest absolute Gasteiger partial charge is 0.392 e. The van der Waals surface area contributed by atoms with Crippen molar-refractivity contribution in [2.75, 3.05) is 6.61 Å². The minimum atomic E-state index is 0.131. The van der Waals surface area contributed by atoms with E-state index in [2.05, 4.69) is 26.7 Å². The fraction of sp³-hybridized carbons (Fsp3) is 0.625. The van der Waals surface area contributed by atoms with Gasteiger partial charge in [-0.1, -0.05) is 44.4 Å². The summed E-state index contributed by atoms with van der Waals surface area (Å²) < 4.78 is 0. The molecule has 1 rings (SSSR count). The van der Waals surface area contributed by atoms with Gasteiger partial charge >= 0.3 is 0 Å². The van der Waals surface area contributed by atoms with E-state index >= 15 is 0 Å². The van der Waals surface area contributed by atoms with Crippen LogP contribution in [-0.4, -0.2) is 11.7 Å². The lowest BCUT2D eigenvalue weighted by atomic mass is 9.78. The number of hydrogen-bond acceptors (Lipinski definition) is 1. The van der Waals surface area contributed by atoms with Crippen molar-refractivity contribution in [3.05, 3.63) is 23.3 Å². The highest BCUT2D eigenvalue weighted by Gasteiger charge is 2.35. The topological polar surface area (TPSA) is 20.2 Å². The van der Waals surface area contributed by atoms with Crippen molar-refractivity contribution >= 4 is 0 Å². The standard InChI is InChI=1S/C16H24O/c1-5-15-14(13(2)3)9-11-16(15,4)10-7-6-8-12-17/h1,6,8,13,17H,7,9-12H2,2-4H3/b8-6+/t16-/m0/s1. The van der Waals surface area contributed by atoms with Crippen LogP contribution >= 0.6 is 0 Å². The molecule has 17 heavy (non-hydrogen) atoms. The average molecular weight is 232 g/mol. The van der Waals surface area contributed by atoms with Crippen LogP contribution < -0.4 is 0 Å². The summed E-state index contributed by atoms with van der Waals surface area (Å²) in [5.41, 5.74) is 2.89. The predicted octanol–water partition coefficient (Wildman–Crippen LogP) is 3.70. The van der Waals surface area contributed by atoms with Gasteiger partial charge in [0.05, 0.1) is 6.61 Å². The Kier molecular flexibility index (Phi) is 5.02. The summed E-state index contributed by atoms with van der Waals surface area (Å²) in [5.74, 6) is 3.50. The van der Waals surface area contributed by atoms with E-state index in [0.717, 1.165) is 19.3 Å². The molecule has 0 saturated carbocycles. The molecule has 0 aromatic carbocycles. The van der Waals surface area contributed by atoms with Gasteiger partial charge in [-0.25, -0.2) is 0 Å². The maximum atomic E-state index is 8.71. The fourth-order valence-corrected chi connectivity index (χ4v) is 2.74. The molecule has 0 spiro atoms. The molecule has 1 aliphatic rings. The van der Waals surface area contributed by atoms with Gasteiger partial charge in [-0.05, 0) is 31.6 Å². The normalized spacial score (nSPS) is 24.9. The van der Waals surface area contributed by atoms with Crippen LogP contribution in [0.1, 0.15) is 46.5 Å². The molecule has 1 heteroatoms. The van der Waals surface area contributed by atoms with Gasteiger partial charge in [0.25, 0.3) is 0 Å². The summed E-state index contributed by atoms with van der Waals surface area (Å²) in [4.78, 5) is 0. The number of aliphatic hydroxyl groups is 1. The lowest BCUT2D eigenvalue weighted by Gasteiger charge is -2.25. The molecule has 1 nitrogen and oxygen atoms in total. The molecule has 0 unspecified atom stereocenters. The summed E-state index contributed by atoms with van der Waals surface area (Å²) in [5, 5.41) is 8.71. The first kappa shape index (κ1) is 14.1. The van der Waals surface area contributed by atoms with Crippen LogP contribution in [0.4, 0.5) is 0 Å². The second-order valence-corrected chi connectivity index (χ2v) is 5.45. The van der Waals surface area contributed by atoms with Crippen LogP contribution in [0.15, 0.2) is 23.3 Å². The Bertz CT molecular complexity index is 354. The maximum absolute atomic E-state index is 8.71. The number of aliphatic hydroxyl groups excluding tert-OH is 1. The second kappa shape index (κ2) is 6.07. The van der Waals surface area contributed by atoms with E-state index in [4.69, 9.17) is 11.5 Å². The first-order chi connectivity index (χ1) is 8.05. The molecule has 1 atom stereocenters. The fourth-order valence-electron chi connectivity index (χ4n) is 2.74. The van der Waals surface area contributed by atoms with Crippen molar-refractivity contribution in [2.24, 2.45) is 11.3 Å². The molecule has 1 aliphatic carbocycles. The van der Waals surface area contributed by atoms with Crippen LogP contribution in [0.25, 0.3) is 0 Å². The molecule has 0 fully saturated rings. The highest BCUT2D eigenvalue weighted by atomic mass is 16.2. The van der Waals surface area contributed by atoms with Gasteiger partial charge in [-0.2, -0.15) is 0 Å². The average Bonchev–Trinajstić information content (AvgIpc) is 2.62. The van der Waals surface area contributed by atoms with Gasteiger partial charge in [-0.3, -0.25) is 0 Å². The van der Waals surface area contributed by atoms with Crippen molar-refractivity contribution in [3.63, 3.8) is 0 Å². The van der Waals surface area contributed by atoms with E-state index in [0.29, 0.717) is 5.92 Å². The van der Waals surface area contributed by atoms with Crippen molar-refractivity contribution in [1.29, 1.82) is 0 Å². The molecule has 0 aromatic rings. The molecule has 0 saturated heterocycles. The van der Waals surface area contributed by atoms with E-state index in [-0.39, 0.29) is 12.0 Å². The summed E-state index contributed by atoms with van der Waals surface area (Å²) in [7, 11) is 0. The van der Waals surface area contributed by atoms with Gasteiger partial charge in [-0.15, -0.1) is 6.42 Å². The Hall–Kier alpha value is -1.00. The Balaban J connectivity index is 2.77. The predicted molar refractivity (Wildman–Crippen MR) is 73.5 cm³/mol. The Labute approximate surface area is 106 Å². The maximum Gasteiger partial charge on any atom is 0.0612 e. The van der Waals surface area contributed by atoms with Gasteiger partial charge in [0, 0.05) is 11.0 Å². The van der Waals surface area contributed by atoms with E-state index in [1.165, 1.54) is 17.6 Å². The first-order valence-corrected chi connectivity index (χ1v) is 6.51. The minimum absolute atomic E-state index is 0.131. The number of rotatable bonds is 5. The first-order valence-electron chi connectivity index (χ1n) is 6.51. The molecule has 0 heterocycles. The summed E-state index contributed by atoms with van der Waals surface area (Å²) in [6.07, 6.45) is 14.0. The van der Waals surface area contributed by atoms with E-state index < -0.39 is 0 Å². The lowest BCUT2D eigenvalue weighted by Crippen LogP contribution is -2.14. The third kappa shape index (κ3) is 3.23. The third-order valence-electron chi connectivity index (χ3n) is 3.85. The van der Waals surface area contributed by atoms with Crippen LogP contribution in [0, 0.1) is 23.7 Å². The van der Waals surface area contributed by atoms with Crippen LogP contribution in [-0.2, 0) is 0 Å². The smallest absolute Gasteiger partial charge is 0.0612 e. The quantitative estimate of drug-likeness (QED) is 0.566. The minimum Gasteiger partial charge on any atom is -0.392 e. The molecule has 0 radical (unpaired) electrons. The molecular formula is C16H24O.